The lowest BCUT2D eigenvalue weighted by molar-refractivity contribution is -0.136. The Morgan fingerprint density at radius 1 is 1.08 bits per heavy atom. The third-order valence-corrected chi connectivity index (χ3v) is 3.66. The van der Waals surface area contributed by atoms with Crippen molar-refractivity contribution in [3.8, 4) is 5.75 Å². The lowest BCUT2D eigenvalue weighted by Crippen LogP contribution is -2.32. The van der Waals surface area contributed by atoms with Crippen LogP contribution in [0.1, 0.15) is 5.56 Å². The number of carbonyl (C=O) groups excluding carboxylic acids is 3. The molecule has 0 spiro atoms. The maximum atomic E-state index is 11.8. The Kier molecular flexibility index (Phi) is 6.86. The number of benzene rings is 2. The first-order valence-corrected chi connectivity index (χ1v) is 8.15. The highest BCUT2D eigenvalue weighted by atomic mass is 79.9. The number of nitrogens with one attached hydrogen (secondary N) is 2. The van der Waals surface area contributed by atoms with E-state index in [1.165, 1.54) is 6.21 Å². The first-order chi connectivity index (χ1) is 12.5. The zero-order valence-corrected chi connectivity index (χ0v) is 15.0. The summed E-state index contributed by atoms with van der Waals surface area (Å²) in [6, 6.07) is 13.5. The maximum absolute atomic E-state index is 11.8. The molecule has 0 heterocycles. The average Bonchev–Trinajstić information content (AvgIpc) is 2.62. The monoisotopic (exact) mass is 418 g/mol. The number of rotatable bonds is 6. The Bertz CT molecular complexity index is 837. The summed E-state index contributed by atoms with van der Waals surface area (Å²) in [7, 11) is 0. The maximum Gasteiger partial charge on any atom is 0.329 e. The molecule has 2 aromatic rings. The van der Waals surface area contributed by atoms with Crippen molar-refractivity contribution in [2.75, 3.05) is 11.9 Å². The second-order valence-corrected chi connectivity index (χ2v) is 5.81. The van der Waals surface area contributed by atoms with Gasteiger partial charge < -0.3 is 15.8 Å². The molecule has 0 saturated carbocycles. The van der Waals surface area contributed by atoms with E-state index < -0.39 is 17.7 Å². The van der Waals surface area contributed by atoms with Gasteiger partial charge >= 0.3 is 11.8 Å². The summed E-state index contributed by atoms with van der Waals surface area (Å²) in [6.07, 6.45) is 1.36. The van der Waals surface area contributed by atoms with Crippen molar-refractivity contribution in [3.63, 3.8) is 0 Å². The van der Waals surface area contributed by atoms with Gasteiger partial charge in [-0.3, -0.25) is 14.4 Å². The number of carbonyl (C=O) groups is 3. The number of hydrogen-bond donors (Lipinski definition) is 3. The number of amides is 3. The van der Waals surface area contributed by atoms with Crippen LogP contribution in [0.4, 0.5) is 5.69 Å². The summed E-state index contributed by atoms with van der Waals surface area (Å²) >= 11 is 3.27. The van der Waals surface area contributed by atoms with Crippen molar-refractivity contribution in [1.82, 2.24) is 5.43 Å². The van der Waals surface area contributed by atoms with Crippen LogP contribution in [-0.2, 0) is 14.4 Å². The summed E-state index contributed by atoms with van der Waals surface area (Å²) in [4.78, 5) is 34.2. The zero-order valence-electron chi connectivity index (χ0n) is 13.4. The topological polar surface area (TPSA) is 123 Å². The fourth-order valence-electron chi connectivity index (χ4n) is 1.76. The number of ether oxygens (including phenoxy) is 1. The largest absolute Gasteiger partial charge is 0.484 e. The minimum Gasteiger partial charge on any atom is -0.484 e. The number of hydrogen-bond acceptors (Lipinski definition) is 5. The molecule has 2 rings (SSSR count). The Balaban J connectivity index is 1.85. The fourth-order valence-corrected chi connectivity index (χ4v) is 2.15. The van der Waals surface area contributed by atoms with Crippen LogP contribution in [0.3, 0.4) is 0 Å². The van der Waals surface area contributed by atoms with Crippen LogP contribution in [0.25, 0.3) is 0 Å². The van der Waals surface area contributed by atoms with E-state index in [0.717, 1.165) is 0 Å². The molecule has 0 fully saturated rings. The molecule has 0 atom stereocenters. The molecule has 9 heteroatoms. The molecular weight excluding hydrogens is 404 g/mol. The quantitative estimate of drug-likeness (QED) is 0.372. The van der Waals surface area contributed by atoms with Crippen LogP contribution in [0.5, 0.6) is 5.75 Å². The van der Waals surface area contributed by atoms with Gasteiger partial charge in [0.05, 0.1) is 11.9 Å². The van der Waals surface area contributed by atoms with Crippen LogP contribution in [0.2, 0.25) is 0 Å². The Labute approximate surface area is 157 Å². The van der Waals surface area contributed by atoms with Crippen molar-refractivity contribution < 1.29 is 19.1 Å². The lowest BCUT2D eigenvalue weighted by atomic mass is 10.2. The Morgan fingerprint density at radius 2 is 1.77 bits per heavy atom. The van der Waals surface area contributed by atoms with Crippen LogP contribution >= 0.6 is 15.9 Å². The summed E-state index contributed by atoms with van der Waals surface area (Å²) in [5.41, 5.74) is 8.25. The molecule has 0 aliphatic rings. The van der Waals surface area contributed by atoms with Gasteiger partial charge in [-0.15, -0.1) is 0 Å². The van der Waals surface area contributed by atoms with Crippen molar-refractivity contribution in [2.24, 2.45) is 10.8 Å². The number of anilines is 1. The summed E-state index contributed by atoms with van der Waals surface area (Å²) in [5.74, 6) is -1.85. The number of primary amides is 1. The summed E-state index contributed by atoms with van der Waals surface area (Å²) < 4.78 is 5.77. The molecule has 0 aliphatic heterocycles. The van der Waals surface area contributed by atoms with Gasteiger partial charge in [-0.1, -0.05) is 12.1 Å². The van der Waals surface area contributed by atoms with Crippen LogP contribution < -0.4 is 21.2 Å². The molecule has 0 bridgehead atoms. The van der Waals surface area contributed by atoms with E-state index in [1.807, 2.05) is 0 Å². The Hall–Kier alpha value is -3.20. The van der Waals surface area contributed by atoms with Crippen molar-refractivity contribution in [1.29, 1.82) is 0 Å². The number of nitrogens with zero attached hydrogens (tertiary/aromatic N) is 1. The number of para-hydroxylation sites is 1. The first kappa shape index (κ1) is 19.1. The third kappa shape index (κ3) is 6.02. The second kappa shape index (κ2) is 9.33. The van der Waals surface area contributed by atoms with E-state index in [2.05, 4.69) is 31.8 Å². The molecular formula is C17H15BrN4O4. The summed E-state index contributed by atoms with van der Waals surface area (Å²) in [6.45, 7) is -0.212. The number of nitrogens with two attached hydrogens (primary N) is 1. The lowest BCUT2D eigenvalue weighted by Gasteiger charge is -2.05. The van der Waals surface area contributed by atoms with Gasteiger partial charge in [0.25, 0.3) is 5.91 Å². The van der Waals surface area contributed by atoms with Crippen molar-refractivity contribution >= 4 is 45.6 Å². The van der Waals surface area contributed by atoms with Gasteiger partial charge in [0, 0.05) is 4.47 Å². The van der Waals surface area contributed by atoms with E-state index in [0.29, 0.717) is 21.5 Å². The molecule has 0 radical (unpaired) electrons. The number of halogens is 1. The van der Waals surface area contributed by atoms with Gasteiger partial charge in [0.2, 0.25) is 0 Å². The van der Waals surface area contributed by atoms with Crippen molar-refractivity contribution in [3.05, 3.63) is 58.6 Å². The molecule has 4 N–H and O–H groups in total. The first-order valence-electron chi connectivity index (χ1n) is 7.36. The zero-order chi connectivity index (χ0) is 18.9. The molecule has 26 heavy (non-hydrogen) atoms. The van der Waals surface area contributed by atoms with Gasteiger partial charge in [0.1, 0.15) is 5.75 Å². The molecule has 0 aromatic heterocycles. The molecule has 2 aromatic carbocycles. The highest BCUT2D eigenvalue weighted by Crippen LogP contribution is 2.20. The molecule has 3 amide bonds. The van der Waals surface area contributed by atoms with E-state index in [1.54, 1.807) is 48.5 Å². The van der Waals surface area contributed by atoms with Crippen LogP contribution in [0, 0.1) is 0 Å². The minimum atomic E-state index is -0.904. The van der Waals surface area contributed by atoms with Gasteiger partial charge in [0.15, 0.2) is 6.61 Å². The normalized spacial score (nSPS) is 10.3. The average molecular weight is 419 g/mol. The van der Waals surface area contributed by atoms with E-state index in [9.17, 15) is 14.4 Å². The predicted octanol–water partition coefficient (Wildman–Crippen LogP) is 1.40. The van der Waals surface area contributed by atoms with Gasteiger partial charge in [-0.25, -0.2) is 5.43 Å². The molecule has 0 aliphatic carbocycles. The number of hydrazone groups is 1. The van der Waals surface area contributed by atoms with E-state index in [-0.39, 0.29) is 6.61 Å². The third-order valence-electron chi connectivity index (χ3n) is 2.97. The molecule has 134 valence electrons. The van der Waals surface area contributed by atoms with Crippen molar-refractivity contribution in [2.45, 2.75) is 0 Å². The fraction of sp³-hybridized carbons (Fsp3) is 0.0588. The van der Waals surface area contributed by atoms with Crippen LogP contribution in [-0.4, -0.2) is 30.5 Å². The highest BCUT2D eigenvalue weighted by molar-refractivity contribution is 9.10. The van der Waals surface area contributed by atoms with Crippen LogP contribution in [0.15, 0.2) is 58.1 Å². The predicted molar refractivity (Wildman–Crippen MR) is 99.6 cm³/mol. The highest BCUT2D eigenvalue weighted by Gasteiger charge is 2.13. The molecule has 0 saturated heterocycles. The standard InChI is InChI=1S/C17H15BrN4O4/c18-13-3-1-2-4-14(13)21-16(24)17(25)22-20-9-11-5-7-12(8-6-11)26-10-15(19)23/h1-9H,10H2,(H2,19,23)(H,21,24)(H,22,25)/b20-9-. The smallest absolute Gasteiger partial charge is 0.329 e. The van der Waals surface area contributed by atoms with E-state index in [4.69, 9.17) is 10.5 Å². The SMILES string of the molecule is NC(=O)COc1ccc(/C=N\NC(=O)C(=O)Nc2ccccc2Br)cc1. The molecule has 8 nitrogen and oxygen atoms in total. The Morgan fingerprint density at radius 3 is 2.42 bits per heavy atom. The minimum absolute atomic E-state index is 0.212. The van der Waals surface area contributed by atoms with E-state index >= 15 is 0 Å². The summed E-state index contributed by atoms with van der Waals surface area (Å²) in [5, 5.41) is 6.18. The second-order valence-electron chi connectivity index (χ2n) is 4.96. The molecule has 0 unspecified atom stereocenters. The van der Waals surface area contributed by atoms with Gasteiger partial charge in [-0.05, 0) is 57.9 Å². The van der Waals surface area contributed by atoms with Gasteiger partial charge in [-0.2, -0.15) is 5.10 Å².